The molecule has 0 radical (unpaired) electrons. The summed E-state index contributed by atoms with van der Waals surface area (Å²) in [4.78, 5) is 43.0. The fraction of sp³-hybridized carbons (Fsp3) is 0.625. The normalized spacial score (nSPS) is 30.0. The third kappa shape index (κ3) is 3.25. The van der Waals surface area contributed by atoms with Gasteiger partial charge in [0.1, 0.15) is 17.7 Å². The molecule has 1 aromatic heterocycles. The van der Waals surface area contributed by atoms with E-state index in [2.05, 4.69) is 10.3 Å². The lowest BCUT2D eigenvalue weighted by Crippen LogP contribution is -2.60. The van der Waals surface area contributed by atoms with E-state index in [1.807, 2.05) is 5.38 Å². The van der Waals surface area contributed by atoms with E-state index in [0.717, 1.165) is 5.69 Å². The second-order valence-corrected chi connectivity index (χ2v) is 7.47. The largest absolute Gasteiger partial charge is 0.444 e. The van der Waals surface area contributed by atoms with Crippen LogP contribution in [0.25, 0.3) is 0 Å². The third-order valence-electron chi connectivity index (χ3n) is 4.99. The van der Waals surface area contributed by atoms with Crippen molar-refractivity contribution in [3.63, 3.8) is 0 Å². The molecule has 4 atom stereocenters. The first-order valence-electron chi connectivity index (χ1n) is 8.28. The minimum atomic E-state index is -0.973. The van der Waals surface area contributed by atoms with Gasteiger partial charge >= 0.3 is 6.09 Å². The van der Waals surface area contributed by atoms with Gasteiger partial charge in [-0.3, -0.25) is 9.59 Å². The number of nitrogens with zero attached hydrogens (tertiary/aromatic N) is 2. The first-order valence-corrected chi connectivity index (χ1v) is 9.23. The van der Waals surface area contributed by atoms with Crippen LogP contribution in [0.1, 0.15) is 32.4 Å². The van der Waals surface area contributed by atoms with Crippen LogP contribution in [0.5, 0.6) is 0 Å². The van der Waals surface area contributed by atoms with Crippen LogP contribution in [0.2, 0.25) is 0 Å². The number of carbonyl (C=O) groups is 3. The maximum absolute atomic E-state index is 13.0. The molecule has 2 fully saturated rings. The number of alkyl carbamates (subject to hydrolysis) is 1. The summed E-state index contributed by atoms with van der Waals surface area (Å²) in [6, 6.07) is -1.50. The van der Waals surface area contributed by atoms with Gasteiger partial charge in [-0.25, -0.2) is 9.78 Å². The predicted molar refractivity (Wildman–Crippen MR) is 91.0 cm³/mol. The van der Waals surface area contributed by atoms with Crippen LogP contribution in [0, 0.1) is 0 Å². The van der Waals surface area contributed by atoms with Crippen LogP contribution in [0.3, 0.4) is 0 Å². The summed E-state index contributed by atoms with van der Waals surface area (Å²) in [5.74, 6) is -0.475. The fourth-order valence-electron chi connectivity index (χ4n) is 3.57. The molecule has 3 N–H and O–H groups in total. The lowest BCUT2D eigenvalue weighted by atomic mass is 9.87. The van der Waals surface area contributed by atoms with Gasteiger partial charge in [0.05, 0.1) is 17.2 Å². The van der Waals surface area contributed by atoms with E-state index in [0.29, 0.717) is 25.8 Å². The molecular weight excluding hydrogens is 344 g/mol. The minimum Gasteiger partial charge on any atom is -0.444 e. The van der Waals surface area contributed by atoms with Gasteiger partial charge in [0.25, 0.3) is 0 Å². The van der Waals surface area contributed by atoms with Crippen molar-refractivity contribution in [2.45, 2.75) is 56.8 Å². The van der Waals surface area contributed by atoms with Crippen molar-refractivity contribution in [3.8, 4) is 0 Å². The molecule has 3 unspecified atom stereocenters. The zero-order chi connectivity index (χ0) is 18.2. The highest BCUT2D eigenvalue weighted by atomic mass is 32.1. The summed E-state index contributed by atoms with van der Waals surface area (Å²) in [5, 5.41) is 4.38. The number of carbonyl (C=O) groups excluding carboxylic acids is 3. The summed E-state index contributed by atoms with van der Waals surface area (Å²) in [5.41, 5.74) is 7.62. The third-order valence-corrected chi connectivity index (χ3v) is 5.62. The van der Waals surface area contributed by atoms with Crippen molar-refractivity contribution < 1.29 is 19.1 Å². The first-order chi connectivity index (χ1) is 11.8. The molecule has 2 aliphatic rings. The molecule has 0 bridgehead atoms. The van der Waals surface area contributed by atoms with Crippen molar-refractivity contribution in [1.82, 2.24) is 15.2 Å². The highest BCUT2D eigenvalue weighted by Gasteiger charge is 2.50. The number of nitrogens with one attached hydrogen (secondary N) is 1. The minimum absolute atomic E-state index is 0.177. The standard InChI is InChI=1S/C16H22N4O4S/c1-9-12(19-15(23)24-9)14(22)20-5-3-4-16(20,2)13(21)11(17)6-10-7-25-8-18-10/h7-9,11-12H,3-6,17H2,1-2H3,(H,19,23)/t9?,11-,12?,16?/m1/s1. The number of aromatic nitrogens is 1. The molecule has 0 saturated carbocycles. The second-order valence-electron chi connectivity index (χ2n) is 6.75. The Labute approximate surface area is 149 Å². The topological polar surface area (TPSA) is 115 Å². The Hall–Kier alpha value is -2.00. The average Bonchev–Trinajstić information content (AvgIpc) is 3.27. The van der Waals surface area contributed by atoms with Gasteiger partial charge in [-0.2, -0.15) is 0 Å². The van der Waals surface area contributed by atoms with Crippen molar-refractivity contribution in [2.75, 3.05) is 6.54 Å². The van der Waals surface area contributed by atoms with Gasteiger partial charge in [-0.1, -0.05) is 0 Å². The number of rotatable bonds is 5. The maximum Gasteiger partial charge on any atom is 0.408 e. The van der Waals surface area contributed by atoms with Crippen molar-refractivity contribution in [3.05, 3.63) is 16.6 Å². The molecule has 3 heterocycles. The second kappa shape index (κ2) is 6.72. The molecule has 0 aliphatic carbocycles. The van der Waals surface area contributed by atoms with Crippen LogP contribution in [-0.4, -0.2) is 57.9 Å². The Balaban J connectivity index is 1.75. The number of ketones is 1. The number of likely N-dealkylation sites (tertiary alicyclic amines) is 1. The Morgan fingerprint density at radius 1 is 1.60 bits per heavy atom. The van der Waals surface area contributed by atoms with E-state index in [-0.39, 0.29) is 11.7 Å². The lowest BCUT2D eigenvalue weighted by Gasteiger charge is -2.37. The Kier molecular flexibility index (Phi) is 4.79. The monoisotopic (exact) mass is 366 g/mol. The van der Waals surface area contributed by atoms with E-state index in [9.17, 15) is 14.4 Å². The molecule has 9 heteroatoms. The molecule has 2 amide bonds. The molecule has 2 saturated heterocycles. The van der Waals surface area contributed by atoms with Gasteiger partial charge in [-0.15, -0.1) is 11.3 Å². The van der Waals surface area contributed by atoms with Crippen LogP contribution in [-0.2, 0) is 20.7 Å². The first kappa shape index (κ1) is 17.8. The van der Waals surface area contributed by atoms with Gasteiger partial charge in [0.15, 0.2) is 5.78 Å². The maximum atomic E-state index is 13.0. The number of cyclic esters (lactones) is 1. The molecule has 136 valence electrons. The number of hydrogen-bond donors (Lipinski definition) is 2. The smallest absolute Gasteiger partial charge is 0.408 e. The Bertz CT molecular complexity index is 680. The van der Waals surface area contributed by atoms with E-state index < -0.39 is 29.8 Å². The van der Waals surface area contributed by atoms with E-state index in [1.165, 1.54) is 11.3 Å². The van der Waals surface area contributed by atoms with Crippen molar-refractivity contribution in [2.24, 2.45) is 5.73 Å². The zero-order valence-electron chi connectivity index (χ0n) is 14.2. The SMILES string of the molecule is CC1OC(=O)NC1C(=O)N1CCCC1(C)C(=O)[C@H](N)Cc1cscn1. The highest BCUT2D eigenvalue weighted by molar-refractivity contribution is 7.07. The van der Waals surface area contributed by atoms with Gasteiger partial charge in [-0.05, 0) is 26.7 Å². The molecule has 0 spiro atoms. The van der Waals surface area contributed by atoms with Gasteiger partial charge < -0.3 is 20.7 Å². The van der Waals surface area contributed by atoms with Crippen LogP contribution < -0.4 is 11.1 Å². The van der Waals surface area contributed by atoms with Crippen molar-refractivity contribution in [1.29, 1.82) is 0 Å². The van der Waals surface area contributed by atoms with Gasteiger partial charge in [0, 0.05) is 18.3 Å². The number of amides is 2. The van der Waals surface area contributed by atoms with Crippen LogP contribution >= 0.6 is 11.3 Å². The Morgan fingerprint density at radius 3 is 2.96 bits per heavy atom. The number of hydrogen-bond acceptors (Lipinski definition) is 7. The van der Waals surface area contributed by atoms with Crippen LogP contribution in [0.4, 0.5) is 4.79 Å². The van der Waals surface area contributed by atoms with E-state index >= 15 is 0 Å². The van der Waals surface area contributed by atoms with Crippen molar-refractivity contribution >= 4 is 29.1 Å². The number of Topliss-reactive ketones (excluding diaryl/α,β-unsaturated/α-hetero) is 1. The average molecular weight is 366 g/mol. The molecular formula is C16H22N4O4S. The molecule has 8 nitrogen and oxygen atoms in total. The summed E-state index contributed by atoms with van der Waals surface area (Å²) >= 11 is 1.45. The Morgan fingerprint density at radius 2 is 2.36 bits per heavy atom. The molecule has 2 aliphatic heterocycles. The van der Waals surface area contributed by atoms with Crippen LogP contribution in [0.15, 0.2) is 10.9 Å². The fourth-order valence-corrected chi connectivity index (χ4v) is 4.15. The van der Waals surface area contributed by atoms with Gasteiger partial charge in [0.2, 0.25) is 5.91 Å². The molecule has 25 heavy (non-hydrogen) atoms. The molecule has 3 rings (SSSR count). The van der Waals surface area contributed by atoms with E-state index in [4.69, 9.17) is 10.5 Å². The summed E-state index contributed by atoms with van der Waals surface area (Å²) in [7, 11) is 0. The number of thiazole rings is 1. The molecule has 1 aromatic rings. The summed E-state index contributed by atoms with van der Waals surface area (Å²) in [6.07, 6.45) is 0.437. The lowest BCUT2D eigenvalue weighted by molar-refractivity contribution is -0.145. The summed E-state index contributed by atoms with van der Waals surface area (Å²) < 4.78 is 4.99. The van der Waals surface area contributed by atoms with E-state index in [1.54, 1.807) is 24.3 Å². The number of ether oxygens (including phenoxy) is 1. The number of nitrogens with two attached hydrogens (primary N) is 1. The zero-order valence-corrected chi connectivity index (χ0v) is 15.0. The summed E-state index contributed by atoms with van der Waals surface area (Å²) in [6.45, 7) is 3.87. The quantitative estimate of drug-likeness (QED) is 0.782. The predicted octanol–water partition coefficient (Wildman–Crippen LogP) is 0.460. The highest BCUT2D eigenvalue weighted by Crippen LogP contribution is 2.32. The molecule has 0 aromatic carbocycles.